The Bertz CT molecular complexity index is 794. The first kappa shape index (κ1) is 11.8. The van der Waals surface area contributed by atoms with Crippen LogP contribution in [0.1, 0.15) is 0 Å². The largest absolute Gasteiger partial charge is 0.508 e. The molecule has 3 aromatic rings. The minimum absolute atomic E-state index is 0.245. The highest BCUT2D eigenvalue weighted by Crippen LogP contribution is 2.36. The molecule has 0 radical (unpaired) electrons. The zero-order valence-corrected chi connectivity index (χ0v) is 11.0. The van der Waals surface area contributed by atoms with Gasteiger partial charge in [-0.2, -0.15) is 5.10 Å². The Balaban J connectivity index is 1.69. The average molecular weight is 280 g/mol. The normalized spacial score (nSPS) is 12.6. The number of H-pyrrole nitrogens is 1. The van der Waals surface area contributed by atoms with Crippen LogP contribution in [0.25, 0.3) is 22.5 Å². The Labute approximate surface area is 120 Å². The molecule has 21 heavy (non-hydrogen) atoms. The van der Waals surface area contributed by atoms with Gasteiger partial charge in [-0.25, -0.2) is 0 Å². The molecule has 2 heterocycles. The van der Waals surface area contributed by atoms with Gasteiger partial charge in [0, 0.05) is 5.56 Å². The monoisotopic (exact) mass is 280 g/mol. The lowest BCUT2D eigenvalue weighted by Crippen LogP contribution is -1.92. The Hall–Kier alpha value is -2.95. The summed E-state index contributed by atoms with van der Waals surface area (Å²) in [6, 6.07) is 14.7. The fraction of sp³-hybridized carbons (Fsp3) is 0.0625. The molecule has 0 saturated heterocycles. The second kappa shape index (κ2) is 4.56. The van der Waals surface area contributed by atoms with Gasteiger partial charge in [0.15, 0.2) is 11.5 Å². The van der Waals surface area contributed by atoms with Crippen LogP contribution in [-0.2, 0) is 0 Å². The second-order valence-corrected chi connectivity index (χ2v) is 4.78. The third-order valence-corrected chi connectivity index (χ3v) is 3.42. The van der Waals surface area contributed by atoms with Crippen molar-refractivity contribution in [2.75, 3.05) is 6.79 Å². The number of benzene rings is 2. The molecule has 0 saturated carbocycles. The maximum atomic E-state index is 9.32. The molecule has 0 spiro atoms. The van der Waals surface area contributed by atoms with Gasteiger partial charge < -0.3 is 14.6 Å². The highest BCUT2D eigenvalue weighted by atomic mass is 16.7. The molecular formula is C16H12N2O3. The van der Waals surface area contributed by atoms with Crippen LogP contribution in [0.5, 0.6) is 17.2 Å². The van der Waals surface area contributed by atoms with E-state index in [9.17, 15) is 5.11 Å². The van der Waals surface area contributed by atoms with E-state index in [0.717, 1.165) is 34.0 Å². The molecule has 0 aliphatic carbocycles. The predicted octanol–water partition coefficient (Wildman–Crippen LogP) is 3.18. The van der Waals surface area contributed by atoms with Gasteiger partial charge in [0.05, 0.1) is 11.4 Å². The number of hydrogen-bond donors (Lipinski definition) is 2. The summed E-state index contributed by atoms with van der Waals surface area (Å²) in [6.07, 6.45) is 0. The van der Waals surface area contributed by atoms with Crippen molar-refractivity contribution < 1.29 is 14.6 Å². The van der Waals surface area contributed by atoms with E-state index in [4.69, 9.17) is 9.47 Å². The van der Waals surface area contributed by atoms with Gasteiger partial charge in [0.1, 0.15) is 5.75 Å². The lowest BCUT2D eigenvalue weighted by molar-refractivity contribution is 0.174. The fourth-order valence-corrected chi connectivity index (χ4v) is 2.31. The molecule has 0 atom stereocenters. The first-order valence-electron chi connectivity index (χ1n) is 6.54. The molecular weight excluding hydrogens is 268 g/mol. The van der Waals surface area contributed by atoms with Crippen LogP contribution in [-0.4, -0.2) is 22.1 Å². The van der Waals surface area contributed by atoms with Gasteiger partial charge >= 0.3 is 0 Å². The number of nitrogens with zero attached hydrogens (tertiary/aromatic N) is 1. The van der Waals surface area contributed by atoms with E-state index in [1.165, 1.54) is 0 Å². The molecule has 5 nitrogen and oxygen atoms in total. The van der Waals surface area contributed by atoms with Crippen LogP contribution in [0.15, 0.2) is 48.5 Å². The quantitative estimate of drug-likeness (QED) is 0.756. The summed E-state index contributed by atoms with van der Waals surface area (Å²) in [6.45, 7) is 0.262. The van der Waals surface area contributed by atoms with Crippen molar-refractivity contribution in [1.82, 2.24) is 10.2 Å². The van der Waals surface area contributed by atoms with Crippen LogP contribution in [0.2, 0.25) is 0 Å². The highest BCUT2D eigenvalue weighted by molar-refractivity contribution is 5.70. The fourth-order valence-electron chi connectivity index (χ4n) is 2.31. The summed E-state index contributed by atoms with van der Waals surface area (Å²) < 4.78 is 10.7. The summed E-state index contributed by atoms with van der Waals surface area (Å²) in [5, 5.41) is 16.7. The number of fused-ring (bicyclic) bond motifs is 1. The summed E-state index contributed by atoms with van der Waals surface area (Å²) >= 11 is 0. The van der Waals surface area contributed by atoms with E-state index < -0.39 is 0 Å². The number of aromatic amines is 1. The SMILES string of the molecule is Oc1ccc(-c2cc(-c3ccc4c(c3)OCO4)n[nH]2)cc1. The molecule has 0 bridgehead atoms. The third-order valence-electron chi connectivity index (χ3n) is 3.42. The number of nitrogens with one attached hydrogen (secondary N) is 1. The predicted molar refractivity (Wildman–Crippen MR) is 77.2 cm³/mol. The smallest absolute Gasteiger partial charge is 0.231 e. The molecule has 1 aliphatic heterocycles. The van der Waals surface area contributed by atoms with Gasteiger partial charge in [-0.05, 0) is 54.1 Å². The maximum absolute atomic E-state index is 9.32. The second-order valence-electron chi connectivity index (χ2n) is 4.78. The minimum Gasteiger partial charge on any atom is -0.508 e. The van der Waals surface area contributed by atoms with Crippen molar-refractivity contribution in [3.8, 4) is 39.8 Å². The standard InChI is InChI=1S/C16H12N2O3/c19-12-4-1-10(2-5-12)13-8-14(18-17-13)11-3-6-15-16(7-11)21-9-20-15/h1-8,19H,9H2,(H,17,18). The summed E-state index contributed by atoms with van der Waals surface area (Å²) in [5.74, 6) is 1.74. The Morgan fingerprint density at radius 2 is 1.67 bits per heavy atom. The van der Waals surface area contributed by atoms with Crippen LogP contribution >= 0.6 is 0 Å². The van der Waals surface area contributed by atoms with E-state index >= 15 is 0 Å². The first-order valence-corrected chi connectivity index (χ1v) is 6.54. The van der Waals surface area contributed by atoms with Gasteiger partial charge in [-0.15, -0.1) is 0 Å². The van der Waals surface area contributed by atoms with Gasteiger partial charge in [0.25, 0.3) is 0 Å². The third kappa shape index (κ3) is 2.08. The molecule has 1 aromatic heterocycles. The lowest BCUT2D eigenvalue weighted by Gasteiger charge is -1.99. The van der Waals surface area contributed by atoms with Crippen LogP contribution in [0, 0.1) is 0 Å². The zero-order valence-electron chi connectivity index (χ0n) is 11.0. The molecule has 0 unspecified atom stereocenters. The first-order chi connectivity index (χ1) is 10.3. The molecule has 0 fully saturated rings. The molecule has 4 rings (SSSR count). The summed E-state index contributed by atoms with van der Waals surface area (Å²) in [4.78, 5) is 0. The molecule has 2 N–H and O–H groups in total. The van der Waals surface area contributed by atoms with E-state index in [0.29, 0.717) is 0 Å². The van der Waals surface area contributed by atoms with Crippen molar-refractivity contribution in [3.63, 3.8) is 0 Å². The van der Waals surface area contributed by atoms with Crippen LogP contribution in [0.4, 0.5) is 0 Å². The lowest BCUT2D eigenvalue weighted by atomic mass is 10.1. The van der Waals surface area contributed by atoms with Gasteiger partial charge in [0.2, 0.25) is 6.79 Å². The molecule has 2 aromatic carbocycles. The topological polar surface area (TPSA) is 67.4 Å². The number of phenols is 1. The summed E-state index contributed by atoms with van der Waals surface area (Å²) in [7, 11) is 0. The Morgan fingerprint density at radius 1 is 0.905 bits per heavy atom. The Kier molecular flexibility index (Phi) is 2.57. The highest BCUT2D eigenvalue weighted by Gasteiger charge is 2.15. The number of phenolic OH excluding ortho intramolecular Hbond substituents is 1. The maximum Gasteiger partial charge on any atom is 0.231 e. The van der Waals surface area contributed by atoms with Crippen molar-refractivity contribution in [2.45, 2.75) is 0 Å². The molecule has 1 aliphatic rings. The van der Waals surface area contributed by atoms with Crippen LogP contribution in [0.3, 0.4) is 0 Å². The van der Waals surface area contributed by atoms with Crippen molar-refractivity contribution >= 4 is 0 Å². The van der Waals surface area contributed by atoms with E-state index in [2.05, 4.69) is 10.2 Å². The number of aromatic hydroxyl groups is 1. The zero-order chi connectivity index (χ0) is 14.2. The van der Waals surface area contributed by atoms with Crippen molar-refractivity contribution in [1.29, 1.82) is 0 Å². The average Bonchev–Trinajstić information content (AvgIpc) is 3.16. The van der Waals surface area contributed by atoms with E-state index in [1.54, 1.807) is 12.1 Å². The number of ether oxygens (including phenoxy) is 2. The number of hydrogen-bond acceptors (Lipinski definition) is 4. The van der Waals surface area contributed by atoms with Crippen molar-refractivity contribution in [2.24, 2.45) is 0 Å². The van der Waals surface area contributed by atoms with Gasteiger partial charge in [-0.1, -0.05) is 0 Å². The minimum atomic E-state index is 0.245. The van der Waals surface area contributed by atoms with Crippen LogP contribution < -0.4 is 9.47 Å². The number of aromatic nitrogens is 2. The molecule has 5 heteroatoms. The molecule has 104 valence electrons. The van der Waals surface area contributed by atoms with E-state index in [1.807, 2.05) is 36.4 Å². The summed E-state index contributed by atoms with van der Waals surface area (Å²) in [5.41, 5.74) is 3.65. The van der Waals surface area contributed by atoms with Crippen molar-refractivity contribution in [3.05, 3.63) is 48.5 Å². The molecule has 0 amide bonds. The van der Waals surface area contributed by atoms with E-state index in [-0.39, 0.29) is 12.5 Å². The Morgan fingerprint density at radius 3 is 2.52 bits per heavy atom. The number of rotatable bonds is 2. The van der Waals surface area contributed by atoms with Gasteiger partial charge in [-0.3, -0.25) is 5.10 Å².